The zero-order valence-electron chi connectivity index (χ0n) is 13.5. The Kier molecular flexibility index (Phi) is 5.89. The standard InChI is InChI=1S/C17H22BrN3O.ClH/c1-17(2)11-21(8-7-15(17)19)9-14-10-22-16(20-14)12-3-5-13(18)6-4-12;/h3-6,10,15H,7-9,11,19H2,1-2H3;1H. The molecule has 0 saturated carbocycles. The Morgan fingerprint density at radius 2 is 2.04 bits per heavy atom. The Morgan fingerprint density at radius 1 is 1.35 bits per heavy atom. The summed E-state index contributed by atoms with van der Waals surface area (Å²) in [5.74, 6) is 0.676. The van der Waals surface area contributed by atoms with Crippen molar-refractivity contribution in [3.8, 4) is 11.5 Å². The Morgan fingerprint density at radius 3 is 2.70 bits per heavy atom. The molecular formula is C17H23BrClN3O. The highest BCUT2D eigenvalue weighted by atomic mass is 79.9. The molecule has 0 spiro atoms. The van der Waals surface area contributed by atoms with Crippen LogP contribution in [0.5, 0.6) is 0 Å². The number of oxazole rings is 1. The van der Waals surface area contributed by atoms with E-state index in [-0.39, 0.29) is 23.9 Å². The van der Waals surface area contributed by atoms with Crippen LogP contribution in [0.15, 0.2) is 39.4 Å². The second kappa shape index (κ2) is 7.34. The summed E-state index contributed by atoms with van der Waals surface area (Å²) in [5, 5.41) is 0. The summed E-state index contributed by atoms with van der Waals surface area (Å²) < 4.78 is 6.68. The first-order valence-corrected chi connectivity index (χ1v) is 8.42. The molecule has 6 heteroatoms. The zero-order chi connectivity index (χ0) is 15.7. The number of hydrogen-bond donors (Lipinski definition) is 1. The topological polar surface area (TPSA) is 55.3 Å². The van der Waals surface area contributed by atoms with E-state index < -0.39 is 0 Å². The van der Waals surface area contributed by atoms with Gasteiger partial charge in [0.15, 0.2) is 0 Å². The number of hydrogen-bond acceptors (Lipinski definition) is 4. The molecule has 1 unspecified atom stereocenters. The van der Waals surface area contributed by atoms with Gasteiger partial charge in [0.25, 0.3) is 0 Å². The molecule has 1 aromatic carbocycles. The van der Waals surface area contributed by atoms with Crippen LogP contribution in [0.1, 0.15) is 26.0 Å². The maximum Gasteiger partial charge on any atom is 0.226 e. The van der Waals surface area contributed by atoms with Gasteiger partial charge in [0.1, 0.15) is 6.26 Å². The van der Waals surface area contributed by atoms with E-state index in [1.165, 1.54) is 0 Å². The first kappa shape index (κ1) is 18.5. The lowest BCUT2D eigenvalue weighted by molar-refractivity contribution is 0.0889. The van der Waals surface area contributed by atoms with Gasteiger partial charge in [-0.2, -0.15) is 0 Å². The van der Waals surface area contributed by atoms with Crippen LogP contribution in [-0.2, 0) is 6.54 Å². The number of nitrogens with two attached hydrogens (primary N) is 1. The minimum atomic E-state index is 0. The lowest BCUT2D eigenvalue weighted by atomic mass is 9.80. The van der Waals surface area contributed by atoms with Crippen LogP contribution >= 0.6 is 28.3 Å². The van der Waals surface area contributed by atoms with Gasteiger partial charge >= 0.3 is 0 Å². The van der Waals surface area contributed by atoms with Crippen molar-refractivity contribution in [2.45, 2.75) is 32.9 Å². The van der Waals surface area contributed by atoms with E-state index in [0.717, 1.165) is 41.8 Å². The van der Waals surface area contributed by atoms with Crippen LogP contribution in [0.4, 0.5) is 0 Å². The first-order chi connectivity index (χ1) is 10.4. The van der Waals surface area contributed by atoms with Gasteiger partial charge in [0.05, 0.1) is 5.69 Å². The molecule has 1 aliphatic rings. The van der Waals surface area contributed by atoms with Gasteiger partial charge in [-0.3, -0.25) is 4.90 Å². The van der Waals surface area contributed by atoms with Crippen LogP contribution in [0, 0.1) is 5.41 Å². The lowest BCUT2D eigenvalue weighted by Gasteiger charge is -2.42. The summed E-state index contributed by atoms with van der Waals surface area (Å²) in [6, 6.07) is 8.27. The van der Waals surface area contributed by atoms with E-state index in [1.54, 1.807) is 6.26 Å². The smallest absolute Gasteiger partial charge is 0.226 e. The fraction of sp³-hybridized carbons (Fsp3) is 0.471. The number of nitrogens with zero attached hydrogens (tertiary/aromatic N) is 2. The van der Waals surface area contributed by atoms with Crippen molar-refractivity contribution in [2.24, 2.45) is 11.1 Å². The molecule has 0 bridgehead atoms. The van der Waals surface area contributed by atoms with Gasteiger partial charge in [-0.25, -0.2) is 4.98 Å². The fourth-order valence-corrected chi connectivity index (χ4v) is 3.22. The molecule has 1 aliphatic heterocycles. The molecule has 4 nitrogen and oxygen atoms in total. The van der Waals surface area contributed by atoms with Crippen LogP contribution in [-0.4, -0.2) is 29.0 Å². The van der Waals surface area contributed by atoms with E-state index >= 15 is 0 Å². The first-order valence-electron chi connectivity index (χ1n) is 7.62. The van der Waals surface area contributed by atoms with Crippen LogP contribution in [0.2, 0.25) is 0 Å². The normalized spacial score (nSPS) is 21.0. The van der Waals surface area contributed by atoms with Crippen molar-refractivity contribution in [3.05, 3.63) is 40.7 Å². The summed E-state index contributed by atoms with van der Waals surface area (Å²) >= 11 is 3.44. The van der Waals surface area contributed by atoms with Crippen molar-refractivity contribution in [1.29, 1.82) is 0 Å². The van der Waals surface area contributed by atoms with Gasteiger partial charge in [0.2, 0.25) is 5.89 Å². The summed E-state index contributed by atoms with van der Waals surface area (Å²) in [7, 11) is 0. The largest absolute Gasteiger partial charge is 0.444 e. The van der Waals surface area contributed by atoms with E-state index in [0.29, 0.717) is 5.89 Å². The molecule has 1 saturated heterocycles. The van der Waals surface area contributed by atoms with Crippen LogP contribution in [0.3, 0.4) is 0 Å². The third-order valence-electron chi connectivity index (χ3n) is 4.42. The second-order valence-corrected chi connectivity index (χ2v) is 7.66. The summed E-state index contributed by atoms with van der Waals surface area (Å²) in [6.45, 7) is 7.30. The van der Waals surface area contributed by atoms with Gasteiger partial charge in [0, 0.05) is 35.7 Å². The van der Waals surface area contributed by atoms with Crippen molar-refractivity contribution in [3.63, 3.8) is 0 Å². The molecular weight excluding hydrogens is 378 g/mol. The average Bonchev–Trinajstić information content (AvgIpc) is 2.92. The maximum atomic E-state index is 6.20. The molecule has 2 aromatic rings. The Hall–Kier alpha value is -0.880. The summed E-state index contributed by atoms with van der Waals surface area (Å²) in [6.07, 6.45) is 2.79. The van der Waals surface area contributed by atoms with Crippen molar-refractivity contribution >= 4 is 28.3 Å². The Bertz CT molecular complexity index is 642. The van der Waals surface area contributed by atoms with Gasteiger partial charge in [-0.15, -0.1) is 12.4 Å². The average molecular weight is 401 g/mol. The van der Waals surface area contributed by atoms with Gasteiger partial charge in [-0.1, -0.05) is 29.8 Å². The second-order valence-electron chi connectivity index (χ2n) is 6.75. The highest BCUT2D eigenvalue weighted by molar-refractivity contribution is 9.10. The molecule has 2 N–H and O–H groups in total. The van der Waals surface area contributed by atoms with Crippen molar-refractivity contribution < 1.29 is 4.42 Å². The molecule has 2 heterocycles. The predicted octanol–water partition coefficient (Wildman–Crippen LogP) is 4.09. The quantitative estimate of drug-likeness (QED) is 0.843. The van der Waals surface area contributed by atoms with Crippen molar-refractivity contribution in [2.75, 3.05) is 13.1 Å². The monoisotopic (exact) mass is 399 g/mol. The van der Waals surface area contributed by atoms with Crippen LogP contribution < -0.4 is 5.73 Å². The molecule has 1 aromatic heterocycles. The van der Waals surface area contributed by atoms with E-state index in [4.69, 9.17) is 10.2 Å². The highest BCUT2D eigenvalue weighted by Gasteiger charge is 2.33. The van der Waals surface area contributed by atoms with Crippen molar-refractivity contribution in [1.82, 2.24) is 9.88 Å². The van der Waals surface area contributed by atoms with E-state index in [2.05, 4.69) is 39.7 Å². The molecule has 126 valence electrons. The number of piperidine rings is 1. The molecule has 0 amide bonds. The Balaban J connectivity index is 0.00000192. The zero-order valence-corrected chi connectivity index (χ0v) is 15.9. The lowest BCUT2D eigenvalue weighted by Crippen LogP contribution is -2.52. The molecule has 0 aliphatic carbocycles. The number of aromatic nitrogens is 1. The van der Waals surface area contributed by atoms with E-state index in [9.17, 15) is 0 Å². The number of benzene rings is 1. The maximum absolute atomic E-state index is 6.20. The molecule has 0 radical (unpaired) electrons. The fourth-order valence-electron chi connectivity index (χ4n) is 2.95. The Labute approximate surface area is 152 Å². The number of likely N-dealkylation sites (tertiary alicyclic amines) is 1. The minimum Gasteiger partial charge on any atom is -0.444 e. The van der Waals surface area contributed by atoms with E-state index in [1.807, 2.05) is 24.3 Å². The molecule has 3 rings (SSSR count). The van der Waals surface area contributed by atoms with Crippen LogP contribution in [0.25, 0.3) is 11.5 Å². The molecule has 1 atom stereocenters. The SMILES string of the molecule is CC1(C)CN(Cc2coc(-c3ccc(Br)cc3)n2)CCC1N.Cl. The van der Waals surface area contributed by atoms with Gasteiger partial charge < -0.3 is 10.2 Å². The predicted molar refractivity (Wildman–Crippen MR) is 98.5 cm³/mol. The summed E-state index contributed by atoms with van der Waals surface area (Å²) in [5.41, 5.74) is 8.32. The molecule has 23 heavy (non-hydrogen) atoms. The third-order valence-corrected chi connectivity index (χ3v) is 4.95. The molecule has 1 fully saturated rings. The minimum absolute atomic E-state index is 0. The van der Waals surface area contributed by atoms with Gasteiger partial charge in [-0.05, 0) is 36.1 Å². The summed E-state index contributed by atoms with van der Waals surface area (Å²) in [4.78, 5) is 7.03. The highest BCUT2D eigenvalue weighted by Crippen LogP contribution is 2.29. The third kappa shape index (κ3) is 4.35. The number of halogens is 2. The number of rotatable bonds is 3.